The maximum absolute atomic E-state index is 12.7. The van der Waals surface area contributed by atoms with Gasteiger partial charge in [0.15, 0.2) is 0 Å². The number of thiophene rings is 1. The quantitative estimate of drug-likeness (QED) is 0.862. The van der Waals surface area contributed by atoms with Crippen molar-refractivity contribution in [1.82, 2.24) is 4.90 Å². The Morgan fingerprint density at radius 1 is 1.62 bits per heavy atom. The second-order valence-electron chi connectivity index (χ2n) is 6.12. The van der Waals surface area contributed by atoms with Gasteiger partial charge in [0.05, 0.1) is 30.2 Å². The summed E-state index contributed by atoms with van der Waals surface area (Å²) < 4.78 is 11.5. The van der Waals surface area contributed by atoms with Gasteiger partial charge in [0.25, 0.3) is 5.91 Å². The highest BCUT2D eigenvalue weighted by molar-refractivity contribution is 7.12. The number of hydrogen-bond donors (Lipinski definition) is 0. The lowest BCUT2D eigenvalue weighted by Crippen LogP contribution is -2.56. The minimum atomic E-state index is -0.185. The second kappa shape index (κ2) is 6.07. The lowest BCUT2D eigenvalue weighted by atomic mass is 9.89. The zero-order valence-corrected chi connectivity index (χ0v) is 13.6. The molecule has 1 aliphatic heterocycles. The maximum atomic E-state index is 12.7. The zero-order chi connectivity index (χ0) is 14.9. The van der Waals surface area contributed by atoms with Gasteiger partial charge >= 0.3 is 0 Å². The summed E-state index contributed by atoms with van der Waals surface area (Å²) in [7, 11) is 1.74. The molecule has 1 aliphatic carbocycles. The van der Waals surface area contributed by atoms with Gasteiger partial charge in [-0.15, -0.1) is 11.3 Å². The van der Waals surface area contributed by atoms with Crippen LogP contribution in [0.3, 0.4) is 0 Å². The topological polar surface area (TPSA) is 38.8 Å². The molecule has 1 aromatic rings. The van der Waals surface area contributed by atoms with Crippen molar-refractivity contribution in [2.24, 2.45) is 5.92 Å². The van der Waals surface area contributed by atoms with Crippen LogP contribution in [0.4, 0.5) is 0 Å². The first-order valence-electron chi connectivity index (χ1n) is 7.62. The number of methoxy groups -OCH3 is 1. The number of hydrogen-bond acceptors (Lipinski definition) is 4. The number of morpholine rings is 1. The van der Waals surface area contributed by atoms with Gasteiger partial charge in [-0.3, -0.25) is 4.79 Å². The number of amides is 1. The summed E-state index contributed by atoms with van der Waals surface area (Å²) in [5.74, 6) is 0.566. The molecular formula is C16H23NO3S. The molecule has 2 aliphatic rings. The third kappa shape index (κ3) is 2.74. The van der Waals surface area contributed by atoms with Crippen LogP contribution in [0.2, 0.25) is 0 Å². The van der Waals surface area contributed by atoms with E-state index in [2.05, 4.69) is 0 Å². The summed E-state index contributed by atoms with van der Waals surface area (Å²) in [6.07, 6.45) is 3.33. The molecule has 21 heavy (non-hydrogen) atoms. The maximum Gasteiger partial charge on any atom is 0.264 e. The van der Waals surface area contributed by atoms with E-state index in [-0.39, 0.29) is 11.5 Å². The Kier molecular flexibility index (Phi) is 4.33. The molecule has 1 aromatic heterocycles. The van der Waals surface area contributed by atoms with E-state index in [1.54, 1.807) is 7.11 Å². The van der Waals surface area contributed by atoms with Gasteiger partial charge in [-0.1, -0.05) is 6.42 Å². The highest BCUT2D eigenvalue weighted by Gasteiger charge is 2.47. The van der Waals surface area contributed by atoms with E-state index in [1.165, 1.54) is 11.3 Å². The fourth-order valence-electron chi connectivity index (χ4n) is 3.67. The van der Waals surface area contributed by atoms with Gasteiger partial charge in [-0.2, -0.15) is 0 Å². The van der Waals surface area contributed by atoms with Crippen molar-refractivity contribution in [3.63, 3.8) is 0 Å². The number of ether oxygens (including phenoxy) is 2. The Balaban J connectivity index is 1.77. The van der Waals surface area contributed by atoms with Crippen molar-refractivity contribution in [2.75, 3.05) is 33.4 Å². The van der Waals surface area contributed by atoms with Gasteiger partial charge in [0.1, 0.15) is 0 Å². The van der Waals surface area contributed by atoms with Crippen molar-refractivity contribution in [3.05, 3.63) is 21.9 Å². The van der Waals surface area contributed by atoms with E-state index in [0.29, 0.717) is 25.6 Å². The third-order valence-electron chi connectivity index (χ3n) is 4.82. The van der Waals surface area contributed by atoms with Crippen molar-refractivity contribution >= 4 is 17.2 Å². The molecule has 0 unspecified atom stereocenters. The largest absolute Gasteiger partial charge is 0.384 e. The highest BCUT2D eigenvalue weighted by atomic mass is 32.1. The molecule has 1 saturated carbocycles. The molecule has 4 nitrogen and oxygen atoms in total. The van der Waals surface area contributed by atoms with E-state index >= 15 is 0 Å². The van der Waals surface area contributed by atoms with Crippen molar-refractivity contribution < 1.29 is 14.3 Å². The summed E-state index contributed by atoms with van der Waals surface area (Å²) in [4.78, 5) is 15.6. The summed E-state index contributed by atoms with van der Waals surface area (Å²) in [5, 5.41) is 1.99. The van der Waals surface area contributed by atoms with Gasteiger partial charge in [0, 0.05) is 19.6 Å². The lowest BCUT2D eigenvalue weighted by Gasteiger charge is -2.44. The van der Waals surface area contributed by atoms with E-state index in [4.69, 9.17) is 9.47 Å². The Morgan fingerprint density at radius 3 is 3.19 bits per heavy atom. The first-order valence-corrected chi connectivity index (χ1v) is 8.50. The number of carbonyl (C=O) groups excluding carboxylic acids is 1. The average molecular weight is 309 g/mol. The standard InChI is InChI=1S/C16H23NO3S/c1-12-5-9-21-14(12)15(18)17-7-8-20-16(11-17)6-3-4-13(16)10-19-2/h5,9,13H,3-4,6-8,10-11H2,1-2H3/t13-,16+/m1/s1. The van der Waals surface area contributed by atoms with Gasteiger partial charge in [0.2, 0.25) is 0 Å². The molecule has 0 N–H and O–H groups in total. The molecular weight excluding hydrogens is 286 g/mol. The molecule has 2 fully saturated rings. The van der Waals surface area contributed by atoms with E-state index < -0.39 is 0 Å². The van der Waals surface area contributed by atoms with Crippen LogP contribution in [-0.2, 0) is 9.47 Å². The Hall–Kier alpha value is -0.910. The molecule has 1 spiro atoms. The number of carbonyl (C=O) groups is 1. The van der Waals surface area contributed by atoms with Crippen LogP contribution in [0, 0.1) is 12.8 Å². The van der Waals surface area contributed by atoms with E-state index in [1.807, 2.05) is 23.3 Å². The molecule has 3 rings (SSSR count). The SMILES string of the molecule is COC[C@H]1CCC[C@]12CN(C(=O)c1sccc1C)CCO2. The first kappa shape index (κ1) is 15.0. The molecule has 2 atom stereocenters. The molecule has 0 radical (unpaired) electrons. The van der Waals surface area contributed by atoms with Gasteiger partial charge in [-0.05, 0) is 36.8 Å². The number of nitrogens with zero attached hydrogens (tertiary/aromatic N) is 1. The molecule has 116 valence electrons. The smallest absolute Gasteiger partial charge is 0.264 e. The van der Waals surface area contributed by atoms with Crippen LogP contribution in [0.1, 0.15) is 34.5 Å². The Bertz CT molecular complexity index is 515. The fourth-order valence-corrected chi connectivity index (χ4v) is 4.56. The molecule has 0 bridgehead atoms. The number of rotatable bonds is 3. The predicted octanol–water partition coefficient (Wildman–Crippen LogP) is 2.71. The van der Waals surface area contributed by atoms with Crippen LogP contribution in [0.5, 0.6) is 0 Å². The third-order valence-corrected chi connectivity index (χ3v) is 5.82. The molecule has 2 heterocycles. The lowest BCUT2D eigenvalue weighted by molar-refractivity contribution is -0.130. The van der Waals surface area contributed by atoms with Crippen molar-refractivity contribution in [3.8, 4) is 0 Å². The van der Waals surface area contributed by atoms with Crippen molar-refractivity contribution in [1.29, 1.82) is 0 Å². The number of aryl methyl sites for hydroxylation is 1. The minimum Gasteiger partial charge on any atom is -0.384 e. The van der Waals surface area contributed by atoms with E-state index in [0.717, 1.165) is 36.3 Å². The minimum absolute atomic E-state index is 0.160. The zero-order valence-electron chi connectivity index (χ0n) is 12.8. The summed E-state index contributed by atoms with van der Waals surface area (Å²) in [6.45, 7) is 4.76. The van der Waals surface area contributed by atoms with Crippen LogP contribution < -0.4 is 0 Å². The van der Waals surface area contributed by atoms with Crippen molar-refractivity contribution in [2.45, 2.75) is 31.8 Å². The predicted molar refractivity (Wildman–Crippen MR) is 82.9 cm³/mol. The summed E-state index contributed by atoms with van der Waals surface area (Å²) in [6, 6.07) is 2.01. The molecule has 0 aromatic carbocycles. The van der Waals surface area contributed by atoms with E-state index in [9.17, 15) is 4.79 Å². The highest BCUT2D eigenvalue weighted by Crippen LogP contribution is 2.41. The van der Waals surface area contributed by atoms with Crippen LogP contribution >= 0.6 is 11.3 Å². The van der Waals surface area contributed by atoms with Crippen LogP contribution in [0.25, 0.3) is 0 Å². The fraction of sp³-hybridized carbons (Fsp3) is 0.688. The first-order chi connectivity index (χ1) is 10.2. The van der Waals surface area contributed by atoms with Crippen LogP contribution in [0.15, 0.2) is 11.4 Å². The van der Waals surface area contributed by atoms with Crippen LogP contribution in [-0.4, -0.2) is 49.8 Å². The monoisotopic (exact) mass is 309 g/mol. The molecule has 5 heteroatoms. The summed E-state index contributed by atoms with van der Waals surface area (Å²) in [5.41, 5.74) is 0.889. The van der Waals surface area contributed by atoms with Gasteiger partial charge < -0.3 is 14.4 Å². The summed E-state index contributed by atoms with van der Waals surface area (Å²) >= 11 is 1.54. The Morgan fingerprint density at radius 2 is 2.48 bits per heavy atom. The second-order valence-corrected chi connectivity index (χ2v) is 7.03. The van der Waals surface area contributed by atoms with Gasteiger partial charge in [-0.25, -0.2) is 0 Å². The molecule has 1 amide bonds. The Labute approximate surface area is 130 Å². The molecule has 1 saturated heterocycles. The average Bonchev–Trinajstić information content (AvgIpc) is 3.06. The normalized spacial score (nSPS) is 29.2.